The van der Waals surface area contributed by atoms with Gasteiger partial charge in [-0.15, -0.1) is 0 Å². The zero-order valence-corrected chi connectivity index (χ0v) is 16.0. The highest BCUT2D eigenvalue weighted by Crippen LogP contribution is 2.26. The van der Waals surface area contributed by atoms with E-state index in [1.54, 1.807) is 18.0 Å². The van der Waals surface area contributed by atoms with Gasteiger partial charge in [0, 0.05) is 25.7 Å². The van der Waals surface area contributed by atoms with Crippen LogP contribution < -0.4 is 0 Å². The predicted octanol–water partition coefficient (Wildman–Crippen LogP) is 2.38. The van der Waals surface area contributed by atoms with Crippen molar-refractivity contribution >= 4 is 17.8 Å². The van der Waals surface area contributed by atoms with Crippen molar-refractivity contribution in [3.8, 4) is 0 Å². The third kappa shape index (κ3) is 4.62. The molecule has 2 amide bonds. The van der Waals surface area contributed by atoms with Gasteiger partial charge in [0.1, 0.15) is 0 Å². The van der Waals surface area contributed by atoms with Crippen molar-refractivity contribution in [1.82, 2.24) is 9.80 Å². The molecule has 1 heterocycles. The molecule has 1 aliphatic rings. The molecule has 0 unspecified atom stereocenters. The maximum absolute atomic E-state index is 12.8. The van der Waals surface area contributed by atoms with Gasteiger partial charge in [0.25, 0.3) is 5.91 Å². The first kappa shape index (κ1) is 19.9. The largest absolute Gasteiger partial charge is 0.481 e. The van der Waals surface area contributed by atoms with E-state index in [4.69, 9.17) is 5.11 Å². The summed E-state index contributed by atoms with van der Waals surface area (Å²) in [4.78, 5) is 39.4. The fraction of sp³-hybridized carbons (Fsp3) is 0.550. The number of likely N-dealkylation sites (N-methyl/N-ethyl adjacent to an activating group) is 1. The van der Waals surface area contributed by atoms with Crippen LogP contribution >= 0.6 is 0 Å². The molecule has 1 aromatic rings. The number of hydrogen-bond donors (Lipinski definition) is 1. The summed E-state index contributed by atoms with van der Waals surface area (Å²) < 4.78 is 0. The molecule has 2 rings (SSSR count). The molecule has 1 aromatic carbocycles. The monoisotopic (exact) mass is 360 g/mol. The van der Waals surface area contributed by atoms with Crippen LogP contribution in [0, 0.1) is 5.92 Å². The Bertz CT molecular complexity index is 685. The number of aliphatic carboxylic acids is 1. The summed E-state index contributed by atoms with van der Waals surface area (Å²) in [6.07, 6.45) is 0.928. The van der Waals surface area contributed by atoms with E-state index >= 15 is 0 Å². The van der Waals surface area contributed by atoms with E-state index in [-0.39, 0.29) is 29.7 Å². The van der Waals surface area contributed by atoms with Crippen LogP contribution in [0.5, 0.6) is 0 Å². The van der Waals surface area contributed by atoms with Crippen LogP contribution in [0.4, 0.5) is 0 Å². The molecular weight excluding hydrogens is 332 g/mol. The van der Waals surface area contributed by atoms with Crippen molar-refractivity contribution in [3.63, 3.8) is 0 Å². The van der Waals surface area contributed by atoms with E-state index in [9.17, 15) is 14.4 Å². The fourth-order valence-corrected chi connectivity index (χ4v) is 3.28. The van der Waals surface area contributed by atoms with Gasteiger partial charge in [0.05, 0.1) is 12.5 Å². The summed E-state index contributed by atoms with van der Waals surface area (Å²) in [6, 6.07) is 7.48. The SMILES string of the molecule is CN(CC(=O)N1CCC(C(=O)O)CC1)C(=O)c1ccccc1C(C)(C)C. The number of carboxylic acids is 1. The molecule has 142 valence electrons. The van der Waals surface area contributed by atoms with Crippen molar-refractivity contribution < 1.29 is 19.5 Å². The Morgan fingerprint density at radius 1 is 1.15 bits per heavy atom. The second-order valence-electron chi connectivity index (χ2n) is 7.95. The van der Waals surface area contributed by atoms with E-state index in [0.29, 0.717) is 31.5 Å². The Hall–Kier alpha value is -2.37. The minimum Gasteiger partial charge on any atom is -0.481 e. The standard InChI is InChI=1S/C20H28N2O4/c1-20(2,3)16-8-6-5-7-15(16)18(24)21(4)13-17(23)22-11-9-14(10-12-22)19(25)26/h5-8,14H,9-13H2,1-4H3,(H,25,26). The molecule has 1 saturated heterocycles. The van der Waals surface area contributed by atoms with Gasteiger partial charge in [0.2, 0.25) is 5.91 Å². The number of hydrogen-bond acceptors (Lipinski definition) is 3. The average Bonchev–Trinajstić information content (AvgIpc) is 2.60. The van der Waals surface area contributed by atoms with Crippen LogP contribution in [0.2, 0.25) is 0 Å². The third-order valence-electron chi connectivity index (χ3n) is 4.88. The van der Waals surface area contributed by atoms with Gasteiger partial charge >= 0.3 is 5.97 Å². The molecule has 0 radical (unpaired) electrons. The lowest BCUT2D eigenvalue weighted by Gasteiger charge is -2.32. The van der Waals surface area contributed by atoms with Crippen molar-refractivity contribution in [2.75, 3.05) is 26.7 Å². The first-order valence-corrected chi connectivity index (χ1v) is 8.97. The lowest BCUT2D eigenvalue weighted by molar-refractivity contribution is -0.145. The summed E-state index contributed by atoms with van der Waals surface area (Å²) >= 11 is 0. The Morgan fingerprint density at radius 3 is 2.27 bits per heavy atom. The molecule has 6 heteroatoms. The minimum absolute atomic E-state index is 0.00491. The van der Waals surface area contributed by atoms with Crippen LogP contribution in [-0.2, 0) is 15.0 Å². The van der Waals surface area contributed by atoms with E-state index in [1.165, 1.54) is 4.90 Å². The summed E-state index contributed by atoms with van der Waals surface area (Å²) in [5.74, 6) is -1.50. The van der Waals surface area contributed by atoms with Crippen molar-refractivity contribution in [1.29, 1.82) is 0 Å². The summed E-state index contributed by atoms with van der Waals surface area (Å²) in [7, 11) is 1.63. The fourth-order valence-electron chi connectivity index (χ4n) is 3.28. The van der Waals surface area contributed by atoms with Crippen LogP contribution in [0.3, 0.4) is 0 Å². The predicted molar refractivity (Wildman–Crippen MR) is 99.0 cm³/mol. The minimum atomic E-state index is -0.803. The summed E-state index contributed by atoms with van der Waals surface area (Å²) in [5.41, 5.74) is 1.39. The number of likely N-dealkylation sites (tertiary alicyclic amines) is 1. The number of carbonyl (C=O) groups is 3. The number of rotatable bonds is 4. The van der Waals surface area contributed by atoms with Crippen molar-refractivity contribution in [3.05, 3.63) is 35.4 Å². The van der Waals surface area contributed by atoms with Gasteiger partial charge in [-0.3, -0.25) is 14.4 Å². The molecule has 0 saturated carbocycles. The molecule has 0 bridgehead atoms. The number of amides is 2. The number of carbonyl (C=O) groups excluding carboxylic acids is 2. The first-order chi connectivity index (χ1) is 12.1. The third-order valence-corrected chi connectivity index (χ3v) is 4.88. The van der Waals surface area contributed by atoms with E-state index < -0.39 is 5.97 Å². The molecule has 0 spiro atoms. The highest BCUT2D eigenvalue weighted by molar-refractivity contribution is 5.98. The number of carboxylic acid groups (broad SMARTS) is 1. The molecule has 1 N–H and O–H groups in total. The molecule has 1 fully saturated rings. The van der Waals surface area contributed by atoms with E-state index in [0.717, 1.165) is 5.56 Å². The lowest BCUT2D eigenvalue weighted by atomic mass is 9.83. The zero-order chi connectivity index (χ0) is 19.5. The topological polar surface area (TPSA) is 77.9 Å². The highest BCUT2D eigenvalue weighted by Gasteiger charge is 2.29. The van der Waals surface area contributed by atoms with Crippen LogP contribution in [-0.4, -0.2) is 59.4 Å². The Balaban J connectivity index is 2.02. The van der Waals surface area contributed by atoms with Crippen LogP contribution in [0.1, 0.15) is 49.5 Å². The smallest absolute Gasteiger partial charge is 0.306 e. The van der Waals surface area contributed by atoms with Gasteiger partial charge in [-0.1, -0.05) is 39.0 Å². The van der Waals surface area contributed by atoms with Gasteiger partial charge in [-0.2, -0.15) is 0 Å². The molecule has 0 atom stereocenters. The maximum atomic E-state index is 12.8. The first-order valence-electron chi connectivity index (χ1n) is 8.97. The summed E-state index contributed by atoms with van der Waals surface area (Å²) in [6.45, 7) is 7.01. The second-order valence-corrected chi connectivity index (χ2v) is 7.95. The molecule has 1 aliphatic heterocycles. The van der Waals surface area contributed by atoms with Gasteiger partial charge in [-0.25, -0.2) is 0 Å². The van der Waals surface area contributed by atoms with Gasteiger partial charge in [0.15, 0.2) is 0 Å². The van der Waals surface area contributed by atoms with Gasteiger partial charge < -0.3 is 14.9 Å². The second kappa shape index (κ2) is 7.89. The maximum Gasteiger partial charge on any atom is 0.306 e. The lowest BCUT2D eigenvalue weighted by Crippen LogP contribution is -2.45. The normalized spacial score (nSPS) is 15.6. The summed E-state index contributed by atoms with van der Waals surface area (Å²) in [5, 5.41) is 9.04. The number of piperidine rings is 1. The Labute approximate surface area is 154 Å². The van der Waals surface area contributed by atoms with Gasteiger partial charge in [-0.05, 0) is 29.9 Å². The molecule has 6 nitrogen and oxygen atoms in total. The molecule has 0 aliphatic carbocycles. The van der Waals surface area contributed by atoms with E-state index in [2.05, 4.69) is 20.8 Å². The quantitative estimate of drug-likeness (QED) is 0.894. The van der Waals surface area contributed by atoms with Crippen LogP contribution in [0.15, 0.2) is 24.3 Å². The van der Waals surface area contributed by atoms with Crippen molar-refractivity contribution in [2.24, 2.45) is 5.92 Å². The average molecular weight is 360 g/mol. The van der Waals surface area contributed by atoms with Crippen LogP contribution in [0.25, 0.3) is 0 Å². The molecule has 0 aromatic heterocycles. The Kier molecular flexibility index (Phi) is 6.05. The molecule has 26 heavy (non-hydrogen) atoms. The van der Waals surface area contributed by atoms with Crippen molar-refractivity contribution in [2.45, 2.75) is 39.0 Å². The van der Waals surface area contributed by atoms with E-state index in [1.807, 2.05) is 18.2 Å². The zero-order valence-electron chi connectivity index (χ0n) is 16.0. The number of benzene rings is 1. The number of nitrogens with zero attached hydrogens (tertiary/aromatic N) is 2. The Morgan fingerprint density at radius 2 is 1.73 bits per heavy atom. The highest BCUT2D eigenvalue weighted by atomic mass is 16.4. The molecular formula is C20H28N2O4.